The first-order valence-corrected chi connectivity index (χ1v) is 5.95. The SMILES string of the molecule is CCCOCCC(NCC)c1cnnn1C. The number of aryl methyl sites for hydroxylation is 1. The van der Waals surface area contributed by atoms with E-state index in [1.54, 1.807) is 0 Å². The number of rotatable bonds is 8. The van der Waals surface area contributed by atoms with Crippen LogP contribution in [0.2, 0.25) is 0 Å². The topological polar surface area (TPSA) is 52.0 Å². The molecule has 0 spiro atoms. The first-order chi connectivity index (χ1) is 7.79. The maximum Gasteiger partial charge on any atom is 0.0754 e. The molecule has 1 heterocycles. The third-order valence-corrected chi connectivity index (χ3v) is 2.46. The van der Waals surface area contributed by atoms with Gasteiger partial charge < -0.3 is 10.1 Å². The maximum atomic E-state index is 5.51. The van der Waals surface area contributed by atoms with Gasteiger partial charge in [0.2, 0.25) is 0 Å². The third kappa shape index (κ3) is 3.90. The van der Waals surface area contributed by atoms with Gasteiger partial charge in [-0.05, 0) is 19.4 Å². The van der Waals surface area contributed by atoms with Gasteiger partial charge in [0.1, 0.15) is 0 Å². The predicted octanol–water partition coefficient (Wildman–Crippen LogP) is 1.28. The highest BCUT2D eigenvalue weighted by Gasteiger charge is 2.14. The van der Waals surface area contributed by atoms with Crippen LogP contribution in [0.15, 0.2) is 6.20 Å². The van der Waals surface area contributed by atoms with Gasteiger partial charge >= 0.3 is 0 Å². The summed E-state index contributed by atoms with van der Waals surface area (Å²) >= 11 is 0. The summed E-state index contributed by atoms with van der Waals surface area (Å²) in [6.45, 7) is 6.76. The van der Waals surface area contributed by atoms with E-state index in [0.29, 0.717) is 0 Å². The molecule has 0 bridgehead atoms. The second kappa shape index (κ2) is 7.35. The van der Waals surface area contributed by atoms with E-state index in [1.807, 2.05) is 17.9 Å². The third-order valence-electron chi connectivity index (χ3n) is 2.46. The van der Waals surface area contributed by atoms with Crippen LogP contribution in [0.5, 0.6) is 0 Å². The molecule has 1 aromatic heterocycles. The Hall–Kier alpha value is -0.940. The highest BCUT2D eigenvalue weighted by atomic mass is 16.5. The van der Waals surface area contributed by atoms with E-state index in [9.17, 15) is 0 Å². The molecule has 1 aromatic rings. The second-order valence-corrected chi connectivity index (χ2v) is 3.79. The number of aromatic nitrogens is 3. The summed E-state index contributed by atoms with van der Waals surface area (Å²) in [7, 11) is 1.92. The normalized spacial score (nSPS) is 12.9. The zero-order chi connectivity index (χ0) is 11.8. The maximum absolute atomic E-state index is 5.51. The number of nitrogens with one attached hydrogen (secondary N) is 1. The van der Waals surface area contributed by atoms with Crippen LogP contribution in [-0.2, 0) is 11.8 Å². The molecule has 1 N–H and O–H groups in total. The molecular weight excluding hydrogens is 204 g/mol. The van der Waals surface area contributed by atoms with Crippen LogP contribution in [0.1, 0.15) is 38.4 Å². The minimum Gasteiger partial charge on any atom is -0.381 e. The Bertz CT molecular complexity index is 287. The molecule has 0 aliphatic carbocycles. The second-order valence-electron chi connectivity index (χ2n) is 3.79. The monoisotopic (exact) mass is 226 g/mol. The molecule has 0 fully saturated rings. The first-order valence-electron chi connectivity index (χ1n) is 5.95. The molecule has 0 amide bonds. The Morgan fingerprint density at radius 3 is 2.81 bits per heavy atom. The van der Waals surface area contributed by atoms with Crippen LogP contribution in [-0.4, -0.2) is 34.8 Å². The van der Waals surface area contributed by atoms with E-state index >= 15 is 0 Å². The molecule has 1 rings (SSSR count). The van der Waals surface area contributed by atoms with Crippen LogP contribution >= 0.6 is 0 Å². The molecule has 92 valence electrons. The van der Waals surface area contributed by atoms with Crippen molar-refractivity contribution in [2.75, 3.05) is 19.8 Å². The summed E-state index contributed by atoms with van der Waals surface area (Å²) in [6, 6.07) is 0.279. The quantitative estimate of drug-likeness (QED) is 0.678. The van der Waals surface area contributed by atoms with Crippen molar-refractivity contribution in [2.45, 2.75) is 32.7 Å². The van der Waals surface area contributed by atoms with Gasteiger partial charge in [-0.3, -0.25) is 4.68 Å². The predicted molar refractivity (Wildman–Crippen MR) is 63.1 cm³/mol. The van der Waals surface area contributed by atoms with Crippen LogP contribution in [0.3, 0.4) is 0 Å². The van der Waals surface area contributed by atoms with Gasteiger partial charge in [0.25, 0.3) is 0 Å². The van der Waals surface area contributed by atoms with Crippen molar-refractivity contribution in [2.24, 2.45) is 7.05 Å². The van der Waals surface area contributed by atoms with Gasteiger partial charge in [-0.1, -0.05) is 19.1 Å². The average molecular weight is 226 g/mol. The molecule has 1 unspecified atom stereocenters. The summed E-state index contributed by atoms with van der Waals surface area (Å²) in [5.41, 5.74) is 1.11. The molecule has 0 radical (unpaired) electrons. The van der Waals surface area contributed by atoms with Crippen molar-refractivity contribution in [1.82, 2.24) is 20.3 Å². The lowest BCUT2D eigenvalue weighted by Crippen LogP contribution is -2.24. The molecule has 0 saturated heterocycles. The minimum absolute atomic E-state index is 0.279. The lowest BCUT2D eigenvalue weighted by Gasteiger charge is -2.17. The molecule has 1 atom stereocenters. The van der Waals surface area contributed by atoms with E-state index in [2.05, 4.69) is 29.5 Å². The van der Waals surface area contributed by atoms with E-state index in [0.717, 1.165) is 38.3 Å². The van der Waals surface area contributed by atoms with Crippen LogP contribution in [0, 0.1) is 0 Å². The molecule has 5 heteroatoms. The fourth-order valence-electron chi connectivity index (χ4n) is 1.66. The van der Waals surface area contributed by atoms with E-state index < -0.39 is 0 Å². The lowest BCUT2D eigenvalue weighted by atomic mass is 10.1. The molecule has 0 aliphatic rings. The summed E-state index contributed by atoms with van der Waals surface area (Å²) in [5.74, 6) is 0. The van der Waals surface area contributed by atoms with E-state index in [-0.39, 0.29) is 6.04 Å². The van der Waals surface area contributed by atoms with Gasteiger partial charge in [-0.2, -0.15) is 0 Å². The smallest absolute Gasteiger partial charge is 0.0754 e. The van der Waals surface area contributed by atoms with Crippen molar-refractivity contribution in [3.63, 3.8) is 0 Å². The van der Waals surface area contributed by atoms with Gasteiger partial charge in [0.15, 0.2) is 0 Å². The van der Waals surface area contributed by atoms with Crippen LogP contribution in [0.4, 0.5) is 0 Å². The van der Waals surface area contributed by atoms with Gasteiger partial charge in [0, 0.05) is 20.3 Å². The molecule has 0 aromatic carbocycles. The Morgan fingerprint density at radius 2 is 2.25 bits per heavy atom. The Balaban J connectivity index is 2.45. The van der Waals surface area contributed by atoms with Gasteiger partial charge in [-0.15, -0.1) is 5.10 Å². The molecule has 0 saturated carbocycles. The lowest BCUT2D eigenvalue weighted by molar-refractivity contribution is 0.124. The fraction of sp³-hybridized carbons (Fsp3) is 0.818. The molecule has 5 nitrogen and oxygen atoms in total. The van der Waals surface area contributed by atoms with Crippen molar-refractivity contribution in [1.29, 1.82) is 0 Å². The average Bonchev–Trinajstić information content (AvgIpc) is 2.69. The number of ether oxygens (including phenoxy) is 1. The Kier molecular flexibility index (Phi) is 6.03. The van der Waals surface area contributed by atoms with Crippen LogP contribution in [0.25, 0.3) is 0 Å². The zero-order valence-corrected chi connectivity index (χ0v) is 10.4. The first kappa shape index (κ1) is 13.1. The van der Waals surface area contributed by atoms with Gasteiger partial charge in [0.05, 0.1) is 17.9 Å². The van der Waals surface area contributed by atoms with E-state index in [1.165, 1.54) is 0 Å². The zero-order valence-electron chi connectivity index (χ0n) is 10.4. The summed E-state index contributed by atoms with van der Waals surface area (Å²) < 4.78 is 7.32. The Morgan fingerprint density at radius 1 is 1.44 bits per heavy atom. The highest BCUT2D eigenvalue weighted by Crippen LogP contribution is 2.14. The van der Waals surface area contributed by atoms with Crippen molar-refractivity contribution < 1.29 is 4.74 Å². The van der Waals surface area contributed by atoms with Crippen molar-refractivity contribution in [3.05, 3.63) is 11.9 Å². The summed E-state index contributed by atoms with van der Waals surface area (Å²) in [6.07, 6.45) is 3.83. The fourth-order valence-corrected chi connectivity index (χ4v) is 1.66. The molecule has 0 aliphatic heterocycles. The minimum atomic E-state index is 0.279. The largest absolute Gasteiger partial charge is 0.381 e. The van der Waals surface area contributed by atoms with E-state index in [4.69, 9.17) is 4.74 Å². The van der Waals surface area contributed by atoms with Gasteiger partial charge in [-0.25, -0.2) is 0 Å². The number of hydrogen-bond donors (Lipinski definition) is 1. The number of nitrogens with zero attached hydrogens (tertiary/aromatic N) is 3. The van der Waals surface area contributed by atoms with Crippen molar-refractivity contribution >= 4 is 0 Å². The molecule has 16 heavy (non-hydrogen) atoms. The summed E-state index contributed by atoms with van der Waals surface area (Å²) in [4.78, 5) is 0. The van der Waals surface area contributed by atoms with Crippen molar-refractivity contribution in [3.8, 4) is 0 Å². The molecular formula is C11H22N4O. The highest BCUT2D eigenvalue weighted by molar-refractivity contribution is 5.01. The standard InChI is InChI=1S/C11H22N4O/c1-4-7-16-8-6-10(12-5-2)11-9-13-14-15(11)3/h9-10,12H,4-8H2,1-3H3. The van der Waals surface area contributed by atoms with Crippen LogP contribution < -0.4 is 5.32 Å². The summed E-state index contributed by atoms with van der Waals surface area (Å²) in [5, 5.41) is 11.3. The number of hydrogen-bond acceptors (Lipinski definition) is 4. The Labute approximate surface area is 97.2 Å².